The molecule has 1 N–H and O–H groups in total. The molecule has 1 fully saturated rings. The lowest BCUT2D eigenvalue weighted by Crippen LogP contribution is -2.18. The molecule has 0 bridgehead atoms. The minimum Gasteiger partial charge on any atom is -0.491 e. The van der Waals surface area contributed by atoms with Gasteiger partial charge in [0.15, 0.2) is 0 Å². The van der Waals surface area contributed by atoms with Crippen LogP contribution in [0.3, 0.4) is 0 Å². The van der Waals surface area contributed by atoms with Crippen molar-refractivity contribution in [2.75, 3.05) is 6.54 Å². The second-order valence-corrected chi connectivity index (χ2v) is 5.38. The molecule has 0 spiro atoms. The highest BCUT2D eigenvalue weighted by Crippen LogP contribution is 2.20. The molecule has 0 aromatic heterocycles. The predicted octanol–water partition coefficient (Wildman–Crippen LogP) is 3.63. The summed E-state index contributed by atoms with van der Waals surface area (Å²) in [7, 11) is 0. The van der Waals surface area contributed by atoms with Gasteiger partial charge in [0, 0.05) is 12.6 Å². The Morgan fingerprint density at radius 3 is 2.89 bits per heavy atom. The van der Waals surface area contributed by atoms with Crippen molar-refractivity contribution < 1.29 is 4.74 Å². The van der Waals surface area contributed by atoms with Crippen molar-refractivity contribution >= 4 is 6.08 Å². The van der Waals surface area contributed by atoms with Crippen molar-refractivity contribution in [3.05, 3.63) is 35.4 Å². The quantitative estimate of drug-likeness (QED) is 0.826. The van der Waals surface area contributed by atoms with E-state index in [1.807, 2.05) is 26.0 Å². The summed E-state index contributed by atoms with van der Waals surface area (Å²) in [6.45, 7) is 7.26. The molecule has 2 rings (SSSR count). The van der Waals surface area contributed by atoms with Crippen molar-refractivity contribution in [2.45, 2.75) is 45.8 Å². The first kappa shape index (κ1) is 13.2. The number of benzene rings is 1. The van der Waals surface area contributed by atoms with E-state index < -0.39 is 0 Å². The zero-order valence-corrected chi connectivity index (χ0v) is 11.6. The lowest BCUT2D eigenvalue weighted by atomic mass is 10.1. The summed E-state index contributed by atoms with van der Waals surface area (Å²) in [4.78, 5) is 0. The highest BCUT2D eigenvalue weighted by atomic mass is 16.5. The normalized spacial score (nSPS) is 16.1. The molecule has 0 atom stereocenters. The van der Waals surface area contributed by atoms with Crippen molar-refractivity contribution in [3.63, 3.8) is 0 Å². The van der Waals surface area contributed by atoms with Crippen molar-refractivity contribution in [1.29, 1.82) is 0 Å². The van der Waals surface area contributed by atoms with Gasteiger partial charge < -0.3 is 10.1 Å². The maximum Gasteiger partial charge on any atom is 0.120 e. The fraction of sp³-hybridized carbons (Fsp3) is 0.500. The van der Waals surface area contributed by atoms with Crippen LogP contribution < -0.4 is 10.1 Å². The van der Waals surface area contributed by atoms with Gasteiger partial charge in [-0.15, -0.1) is 0 Å². The van der Waals surface area contributed by atoms with Gasteiger partial charge in [-0.05, 0) is 51.3 Å². The molecule has 0 unspecified atom stereocenters. The first-order valence-corrected chi connectivity index (χ1v) is 6.81. The van der Waals surface area contributed by atoms with Gasteiger partial charge in [0.25, 0.3) is 0 Å². The summed E-state index contributed by atoms with van der Waals surface area (Å²) in [5, 5.41) is 3.52. The molecule has 0 heterocycles. The lowest BCUT2D eigenvalue weighted by molar-refractivity contribution is 0.242. The third kappa shape index (κ3) is 4.53. The van der Waals surface area contributed by atoms with Crippen LogP contribution in [0.25, 0.3) is 6.08 Å². The van der Waals surface area contributed by atoms with E-state index in [2.05, 4.69) is 30.4 Å². The molecule has 1 aromatic carbocycles. The van der Waals surface area contributed by atoms with Crippen LogP contribution >= 0.6 is 0 Å². The maximum atomic E-state index is 5.70. The molecule has 0 amide bonds. The van der Waals surface area contributed by atoms with E-state index in [1.165, 1.54) is 24.0 Å². The van der Waals surface area contributed by atoms with Gasteiger partial charge in [-0.2, -0.15) is 0 Å². The largest absolute Gasteiger partial charge is 0.491 e. The monoisotopic (exact) mass is 245 g/mol. The van der Waals surface area contributed by atoms with Gasteiger partial charge in [-0.3, -0.25) is 0 Å². The molecule has 0 aliphatic heterocycles. The fourth-order valence-corrected chi connectivity index (χ4v) is 1.88. The van der Waals surface area contributed by atoms with Crippen LogP contribution in [0.1, 0.15) is 39.2 Å². The Morgan fingerprint density at radius 1 is 1.44 bits per heavy atom. The van der Waals surface area contributed by atoms with Crippen molar-refractivity contribution in [3.8, 4) is 5.75 Å². The van der Waals surface area contributed by atoms with Crippen LogP contribution in [0.15, 0.2) is 29.8 Å². The topological polar surface area (TPSA) is 21.3 Å². The van der Waals surface area contributed by atoms with Crippen LogP contribution in [-0.4, -0.2) is 18.7 Å². The molecule has 18 heavy (non-hydrogen) atoms. The molecule has 1 aliphatic carbocycles. The van der Waals surface area contributed by atoms with E-state index in [-0.39, 0.29) is 6.10 Å². The highest BCUT2D eigenvalue weighted by molar-refractivity contribution is 5.54. The minimum atomic E-state index is 0.224. The van der Waals surface area contributed by atoms with Crippen LogP contribution in [0, 0.1) is 0 Å². The predicted molar refractivity (Wildman–Crippen MR) is 76.9 cm³/mol. The Balaban J connectivity index is 1.95. The summed E-state index contributed by atoms with van der Waals surface area (Å²) in [5.41, 5.74) is 2.58. The van der Waals surface area contributed by atoms with Crippen LogP contribution in [0.4, 0.5) is 0 Å². The maximum absolute atomic E-state index is 5.70. The zero-order chi connectivity index (χ0) is 13.0. The second kappa shape index (κ2) is 6.05. The molecular formula is C16H23NO. The Hall–Kier alpha value is -1.28. The first-order valence-electron chi connectivity index (χ1n) is 6.81. The molecule has 1 aliphatic rings. The summed E-state index contributed by atoms with van der Waals surface area (Å²) in [5.74, 6) is 0.946. The van der Waals surface area contributed by atoms with Gasteiger partial charge in [0.2, 0.25) is 0 Å². The Labute approximate surface area is 110 Å². The van der Waals surface area contributed by atoms with Crippen LogP contribution in [0.5, 0.6) is 5.75 Å². The van der Waals surface area contributed by atoms with E-state index in [1.54, 1.807) is 0 Å². The molecule has 1 aromatic rings. The number of hydrogen-bond acceptors (Lipinski definition) is 2. The van der Waals surface area contributed by atoms with Crippen molar-refractivity contribution in [2.24, 2.45) is 0 Å². The third-order valence-electron chi connectivity index (χ3n) is 2.89. The van der Waals surface area contributed by atoms with Crippen molar-refractivity contribution in [1.82, 2.24) is 5.32 Å². The summed E-state index contributed by atoms with van der Waals surface area (Å²) >= 11 is 0. The smallest absolute Gasteiger partial charge is 0.120 e. The van der Waals surface area contributed by atoms with E-state index in [0.29, 0.717) is 0 Å². The number of ether oxygens (including phenoxy) is 1. The lowest BCUT2D eigenvalue weighted by Gasteiger charge is -2.10. The zero-order valence-electron chi connectivity index (χ0n) is 11.6. The molecule has 0 radical (unpaired) electrons. The Morgan fingerprint density at radius 2 is 2.22 bits per heavy atom. The molecular weight excluding hydrogens is 222 g/mol. The number of rotatable bonds is 6. The van der Waals surface area contributed by atoms with E-state index >= 15 is 0 Å². The Kier molecular flexibility index (Phi) is 4.43. The molecule has 2 heteroatoms. The SMILES string of the molecule is CC(=Cc1cccc(OC(C)C)c1)CNC1CC1. The first-order chi connectivity index (χ1) is 8.63. The standard InChI is InChI=1S/C16H23NO/c1-12(2)18-16-6-4-5-14(10-16)9-13(3)11-17-15-7-8-15/h4-6,9-10,12,15,17H,7-8,11H2,1-3H3. The van der Waals surface area contributed by atoms with Crippen LogP contribution in [0.2, 0.25) is 0 Å². The van der Waals surface area contributed by atoms with Gasteiger partial charge in [0.05, 0.1) is 6.10 Å². The third-order valence-corrected chi connectivity index (χ3v) is 2.89. The van der Waals surface area contributed by atoms with E-state index in [4.69, 9.17) is 4.74 Å². The molecule has 2 nitrogen and oxygen atoms in total. The summed E-state index contributed by atoms with van der Waals surface area (Å²) in [6.07, 6.45) is 5.13. The van der Waals surface area contributed by atoms with E-state index in [9.17, 15) is 0 Å². The molecule has 1 saturated carbocycles. The molecule has 0 saturated heterocycles. The minimum absolute atomic E-state index is 0.224. The van der Waals surface area contributed by atoms with Gasteiger partial charge in [0.1, 0.15) is 5.75 Å². The average Bonchev–Trinajstić information content (AvgIpc) is 3.09. The number of hydrogen-bond donors (Lipinski definition) is 1. The highest BCUT2D eigenvalue weighted by Gasteiger charge is 2.19. The van der Waals surface area contributed by atoms with Gasteiger partial charge in [-0.1, -0.05) is 23.8 Å². The summed E-state index contributed by atoms with van der Waals surface area (Å²) < 4.78 is 5.70. The fourth-order valence-electron chi connectivity index (χ4n) is 1.88. The summed E-state index contributed by atoms with van der Waals surface area (Å²) in [6, 6.07) is 9.04. The van der Waals surface area contributed by atoms with Crippen LogP contribution in [-0.2, 0) is 0 Å². The second-order valence-electron chi connectivity index (χ2n) is 5.38. The molecule has 98 valence electrons. The van der Waals surface area contributed by atoms with Gasteiger partial charge >= 0.3 is 0 Å². The number of nitrogens with one attached hydrogen (secondary N) is 1. The Bertz CT molecular complexity index is 419. The average molecular weight is 245 g/mol. The van der Waals surface area contributed by atoms with Gasteiger partial charge in [-0.25, -0.2) is 0 Å². The van der Waals surface area contributed by atoms with E-state index in [0.717, 1.165) is 18.3 Å².